The van der Waals surface area contributed by atoms with Gasteiger partial charge in [0.2, 0.25) is 29.5 Å². The molecule has 2 heterocycles. The topological polar surface area (TPSA) is 398 Å². The first kappa shape index (κ1) is 39.1. The quantitative estimate of drug-likeness (QED) is 0.0951. The number of amides is 8. The minimum atomic E-state index is -1.75. The molecule has 0 spiro atoms. The molecule has 48 heavy (non-hydrogen) atoms. The molecule has 0 unspecified atom stereocenters. The van der Waals surface area contributed by atoms with E-state index in [4.69, 9.17) is 11.5 Å². The number of nitrogens with one attached hydrogen (secondary N) is 9. The molecule has 0 aliphatic carbocycles. The van der Waals surface area contributed by atoms with Crippen LogP contribution in [-0.4, -0.2) is 138 Å². The number of primary amides is 1. The second kappa shape index (κ2) is 18.9. The van der Waals surface area contributed by atoms with Crippen molar-refractivity contribution in [2.75, 3.05) is 32.8 Å². The SMILES string of the molecule is NC(=O)N/C=C1\NC(=O)[C@H](CO)NC(=O)[C@H](CO)NC(=O)[C@@H](NC(=O)C[C@@H]([NH3+])[C@H](O)CC[NH3+])CNC(=O)[C@H]([C@H]2CC[NH+]=C(N)N2)NC1=O. The number of nitrogens with two attached hydrogens (primary N) is 2. The highest BCUT2D eigenvalue weighted by molar-refractivity contribution is 6.02. The lowest BCUT2D eigenvalue weighted by Crippen LogP contribution is -2.84. The Morgan fingerprint density at radius 1 is 1.00 bits per heavy atom. The van der Waals surface area contributed by atoms with Gasteiger partial charge in [-0.15, -0.1) is 0 Å². The van der Waals surface area contributed by atoms with Crippen LogP contribution < -0.4 is 70.5 Å². The van der Waals surface area contributed by atoms with Gasteiger partial charge in [0.15, 0.2) is 0 Å². The highest BCUT2D eigenvalue weighted by Gasteiger charge is 2.37. The van der Waals surface area contributed by atoms with E-state index in [1.807, 2.05) is 5.32 Å². The summed E-state index contributed by atoms with van der Waals surface area (Å²) in [6, 6.07) is -9.28. The smallest absolute Gasteiger partial charge is 0.341 e. The van der Waals surface area contributed by atoms with Gasteiger partial charge in [-0.05, 0) is 0 Å². The molecule has 1 fully saturated rings. The number of urea groups is 1. The van der Waals surface area contributed by atoms with Crippen LogP contribution in [0.4, 0.5) is 4.79 Å². The van der Waals surface area contributed by atoms with Crippen LogP contribution in [0.15, 0.2) is 11.9 Å². The molecule has 2 aliphatic heterocycles. The number of aliphatic hydroxyl groups is 3. The Morgan fingerprint density at radius 2 is 1.65 bits per heavy atom. The molecular weight excluding hydrogens is 642 g/mol. The van der Waals surface area contributed by atoms with Crippen LogP contribution in [0.2, 0.25) is 0 Å². The Labute approximate surface area is 273 Å². The fraction of sp³-hybridized carbons (Fsp3) is 0.600. The molecule has 0 bridgehead atoms. The first-order valence-electron chi connectivity index (χ1n) is 14.9. The number of carbonyl (C=O) groups excluding carboxylic acids is 7. The van der Waals surface area contributed by atoms with E-state index in [9.17, 15) is 48.9 Å². The molecular formula is C25H46N13O10+3. The highest BCUT2D eigenvalue weighted by atomic mass is 16.3. The third kappa shape index (κ3) is 11.9. The predicted molar refractivity (Wildman–Crippen MR) is 160 cm³/mol. The van der Waals surface area contributed by atoms with Gasteiger partial charge >= 0.3 is 12.0 Å². The fourth-order valence-electron chi connectivity index (χ4n) is 4.55. The summed E-state index contributed by atoms with van der Waals surface area (Å²) in [7, 11) is 0. The maximum Gasteiger partial charge on any atom is 0.341 e. The monoisotopic (exact) mass is 688 g/mol. The molecule has 23 heteroatoms. The van der Waals surface area contributed by atoms with Crippen LogP contribution in [-0.2, 0) is 28.8 Å². The summed E-state index contributed by atoms with van der Waals surface area (Å²) in [6.45, 7) is -1.97. The summed E-state index contributed by atoms with van der Waals surface area (Å²) >= 11 is 0. The zero-order valence-corrected chi connectivity index (χ0v) is 26.0. The van der Waals surface area contributed by atoms with Crippen LogP contribution >= 0.6 is 0 Å². The Bertz CT molecular complexity index is 1280. The van der Waals surface area contributed by atoms with Gasteiger partial charge in [0, 0.05) is 25.6 Å². The molecule has 268 valence electrons. The number of guanidine groups is 1. The van der Waals surface area contributed by atoms with Gasteiger partial charge < -0.3 is 69.7 Å². The Hall–Kier alpha value is -5.10. The Kier molecular flexibility index (Phi) is 15.4. The lowest BCUT2D eigenvalue weighted by atomic mass is 10.0. The average Bonchev–Trinajstić information content (AvgIpc) is 3.03. The molecule has 22 N–H and O–H groups in total. The summed E-state index contributed by atoms with van der Waals surface area (Å²) in [5, 5.41) is 48.4. The predicted octanol–water partition coefficient (Wildman–Crippen LogP) is -12.6. The molecule has 1 saturated heterocycles. The normalized spacial score (nSPS) is 26.7. The van der Waals surface area contributed by atoms with Gasteiger partial charge in [0.05, 0.1) is 32.7 Å². The molecule has 2 aliphatic rings. The minimum absolute atomic E-state index is 0.0739. The Balaban J connectivity index is 2.52. The van der Waals surface area contributed by atoms with Crippen LogP contribution in [0.1, 0.15) is 19.3 Å². The number of rotatable bonds is 10. The van der Waals surface area contributed by atoms with Crippen LogP contribution in [0, 0.1) is 0 Å². The van der Waals surface area contributed by atoms with Crippen molar-refractivity contribution in [3.8, 4) is 0 Å². The third-order valence-corrected chi connectivity index (χ3v) is 7.20. The standard InChI is InChI=1S/C25H43N13O10/c26-3-1-16(41)10(27)5-17(42)33-12-6-31-23(47)18(11-2-4-30-24(28)37-11)38-20(44)13(7-32-25(29)48)34-21(45)14(8-39)36-22(46)15(9-40)35-19(12)43/h7,10-12,14-16,18,39-41H,1-6,8-9,26-27H2,(H,31,47)(H,33,42)(H,34,45)(H,35,43)(H,36,46)(H,38,44)(H3,28,30,37)(H3,29,32,48)/p+3/b13-7-/t10-,11-,12+,14+,15+,16-,18+/m1/s1. The zero-order chi connectivity index (χ0) is 36.0. The second-order valence-electron chi connectivity index (χ2n) is 10.9. The summed E-state index contributed by atoms with van der Waals surface area (Å²) in [4.78, 5) is 93.2. The third-order valence-electron chi connectivity index (χ3n) is 7.20. The summed E-state index contributed by atoms with van der Waals surface area (Å²) in [5.41, 5.74) is 17.7. The molecule has 0 saturated carbocycles. The van der Waals surface area contributed by atoms with Gasteiger partial charge in [0.1, 0.15) is 48.1 Å². The Morgan fingerprint density at radius 3 is 2.25 bits per heavy atom. The second-order valence-corrected chi connectivity index (χ2v) is 10.9. The van der Waals surface area contributed by atoms with Crippen molar-refractivity contribution >= 4 is 47.4 Å². The molecule has 23 nitrogen and oxygen atoms in total. The van der Waals surface area contributed by atoms with Gasteiger partial charge in [-0.2, -0.15) is 0 Å². The van der Waals surface area contributed by atoms with E-state index < -0.39 is 109 Å². The average molecular weight is 689 g/mol. The van der Waals surface area contributed by atoms with Crippen molar-refractivity contribution in [3.63, 3.8) is 0 Å². The summed E-state index contributed by atoms with van der Waals surface area (Å²) in [5.74, 6) is -6.08. The summed E-state index contributed by atoms with van der Waals surface area (Å²) in [6.07, 6.45) is -0.108. The number of quaternary nitrogens is 2. The minimum Gasteiger partial charge on any atom is -0.394 e. The fourth-order valence-corrected chi connectivity index (χ4v) is 4.55. The molecule has 2 rings (SSSR count). The maximum absolute atomic E-state index is 13.6. The van der Waals surface area contributed by atoms with Gasteiger partial charge in [-0.25, -0.2) is 4.79 Å². The van der Waals surface area contributed by atoms with E-state index in [1.54, 1.807) is 0 Å². The number of hydrogen-bond donors (Lipinski definition) is 16. The number of aliphatic hydroxyl groups excluding tert-OH is 3. The molecule has 7 atom stereocenters. The molecule has 0 aromatic carbocycles. The van der Waals surface area contributed by atoms with E-state index in [1.165, 1.54) is 0 Å². The van der Waals surface area contributed by atoms with E-state index in [0.29, 0.717) is 12.7 Å². The molecule has 0 radical (unpaired) electrons. The van der Waals surface area contributed by atoms with Gasteiger partial charge in [-0.1, -0.05) is 0 Å². The molecule has 0 aromatic rings. The highest BCUT2D eigenvalue weighted by Crippen LogP contribution is 2.05. The van der Waals surface area contributed by atoms with Crippen molar-refractivity contribution in [3.05, 3.63) is 11.9 Å². The maximum atomic E-state index is 13.6. The zero-order valence-electron chi connectivity index (χ0n) is 26.0. The number of hydrogen-bond acceptors (Lipinski definition) is 12. The van der Waals surface area contributed by atoms with Crippen molar-refractivity contribution in [2.45, 2.75) is 61.6 Å². The van der Waals surface area contributed by atoms with Crippen molar-refractivity contribution < 1.29 is 65.3 Å². The van der Waals surface area contributed by atoms with E-state index >= 15 is 0 Å². The largest absolute Gasteiger partial charge is 0.394 e. The van der Waals surface area contributed by atoms with E-state index in [0.717, 1.165) is 0 Å². The van der Waals surface area contributed by atoms with Crippen LogP contribution in [0.5, 0.6) is 0 Å². The first-order valence-corrected chi connectivity index (χ1v) is 14.9. The van der Waals surface area contributed by atoms with Gasteiger partial charge in [0.25, 0.3) is 5.91 Å². The van der Waals surface area contributed by atoms with E-state index in [2.05, 4.69) is 53.7 Å². The molecule has 0 aromatic heterocycles. The first-order chi connectivity index (χ1) is 22.7. The van der Waals surface area contributed by atoms with Crippen LogP contribution in [0.25, 0.3) is 0 Å². The number of carbonyl (C=O) groups is 7. The van der Waals surface area contributed by atoms with Crippen molar-refractivity contribution in [1.29, 1.82) is 0 Å². The molecule has 8 amide bonds. The van der Waals surface area contributed by atoms with Gasteiger partial charge in [-0.3, -0.25) is 44.8 Å². The lowest BCUT2D eigenvalue weighted by molar-refractivity contribution is -0.467. The van der Waals surface area contributed by atoms with Crippen molar-refractivity contribution in [1.82, 2.24) is 42.5 Å². The van der Waals surface area contributed by atoms with Crippen LogP contribution in [0.3, 0.4) is 0 Å². The summed E-state index contributed by atoms with van der Waals surface area (Å²) < 4.78 is 0. The van der Waals surface area contributed by atoms with Crippen molar-refractivity contribution in [2.24, 2.45) is 11.5 Å². The van der Waals surface area contributed by atoms with E-state index in [-0.39, 0.29) is 31.8 Å². The lowest BCUT2D eigenvalue weighted by Gasteiger charge is -2.29.